The number of esters is 1. The molecule has 3 N–H and O–H groups in total. The minimum absolute atomic E-state index is 0.147. The molecule has 1 atom stereocenters. The predicted octanol–water partition coefficient (Wildman–Crippen LogP) is 7.59. The number of anilines is 1. The number of hydrogen-bond acceptors (Lipinski definition) is 6. The van der Waals surface area contributed by atoms with E-state index < -0.39 is 12.0 Å². The lowest BCUT2D eigenvalue weighted by atomic mass is 9.80. The third-order valence-electron chi connectivity index (χ3n) is 7.28. The van der Waals surface area contributed by atoms with Gasteiger partial charge in [0.25, 0.3) is 0 Å². The molecule has 6 nitrogen and oxygen atoms in total. The zero-order chi connectivity index (χ0) is 28.8. The third kappa shape index (κ3) is 5.00. The van der Waals surface area contributed by atoms with Crippen molar-refractivity contribution in [3.8, 4) is 22.6 Å². The Morgan fingerprint density at radius 1 is 1.00 bits per heavy atom. The maximum Gasteiger partial charge on any atom is 0.379 e. The lowest BCUT2D eigenvalue weighted by Crippen LogP contribution is -2.32. The molecule has 0 bridgehead atoms. The molecule has 0 radical (unpaired) electrons. The van der Waals surface area contributed by atoms with Crippen molar-refractivity contribution in [3.05, 3.63) is 106 Å². The zero-order valence-corrected chi connectivity index (χ0v) is 23.5. The summed E-state index contributed by atoms with van der Waals surface area (Å²) in [7, 11) is 1.56. The minimum Gasteiger partial charge on any atom is -0.496 e. The first-order valence-electron chi connectivity index (χ1n) is 13.1. The molecule has 2 heterocycles. The number of ether oxygens (including phenoxy) is 2. The van der Waals surface area contributed by atoms with E-state index in [1.54, 1.807) is 38.3 Å². The van der Waals surface area contributed by atoms with Crippen LogP contribution >= 0.6 is 0 Å². The number of carbonyl (C=O) groups is 1. The topological polar surface area (TPSA) is 86.7 Å². The Morgan fingerprint density at radius 2 is 1.75 bits per heavy atom. The number of allylic oxidation sites excluding steroid dienone is 1. The Morgan fingerprint density at radius 3 is 2.45 bits per heavy atom. The van der Waals surface area contributed by atoms with Gasteiger partial charge in [-0.05, 0) is 98.8 Å². The Hall–Kier alpha value is -4.36. The molecule has 1 aliphatic heterocycles. The summed E-state index contributed by atoms with van der Waals surface area (Å²) in [5.41, 5.74) is 14.5. The smallest absolute Gasteiger partial charge is 0.379 e. The van der Waals surface area contributed by atoms with E-state index >= 15 is 0 Å². The molecule has 0 spiro atoms. The van der Waals surface area contributed by atoms with Crippen LogP contribution in [-0.4, -0.2) is 18.6 Å². The first kappa shape index (κ1) is 27.2. The van der Waals surface area contributed by atoms with Crippen LogP contribution in [0.15, 0.2) is 71.4 Å². The van der Waals surface area contributed by atoms with Gasteiger partial charge in [0.15, 0.2) is 0 Å². The number of benzene rings is 3. The monoisotopic (exact) mass is 540 g/mol. The van der Waals surface area contributed by atoms with Gasteiger partial charge >= 0.3 is 5.97 Å². The van der Waals surface area contributed by atoms with Crippen LogP contribution in [0, 0.1) is 19.7 Å². The number of carbonyl (C=O) groups excluding carboxylic acids is 1. The number of fused-ring (bicyclic) bond motifs is 1. The van der Waals surface area contributed by atoms with E-state index in [4.69, 9.17) is 19.6 Å². The number of halogens is 1. The van der Waals surface area contributed by atoms with E-state index in [9.17, 15) is 9.18 Å². The van der Waals surface area contributed by atoms with Crippen LogP contribution in [0.3, 0.4) is 0 Å². The van der Waals surface area contributed by atoms with Gasteiger partial charge in [0, 0.05) is 28.4 Å². The van der Waals surface area contributed by atoms with Crippen LogP contribution in [0.25, 0.3) is 16.7 Å². The van der Waals surface area contributed by atoms with Crippen molar-refractivity contribution in [2.75, 3.05) is 12.4 Å². The fourth-order valence-electron chi connectivity index (χ4n) is 5.50. The van der Waals surface area contributed by atoms with Gasteiger partial charge in [0.2, 0.25) is 5.76 Å². The Balaban J connectivity index is 1.66. The first-order valence-corrected chi connectivity index (χ1v) is 13.1. The Kier molecular flexibility index (Phi) is 7.02. The lowest BCUT2D eigenvalue weighted by molar-refractivity contribution is 0.0700. The number of nitrogens with two attached hydrogens (primary N) is 1. The van der Waals surface area contributed by atoms with E-state index in [0.717, 1.165) is 39.1 Å². The predicted molar refractivity (Wildman–Crippen MR) is 155 cm³/mol. The molecule has 0 saturated carbocycles. The van der Waals surface area contributed by atoms with Crippen LogP contribution in [0.2, 0.25) is 0 Å². The molecule has 0 fully saturated rings. The molecule has 3 aromatic carbocycles. The summed E-state index contributed by atoms with van der Waals surface area (Å²) in [5, 5.41) is 3.59. The molecule has 206 valence electrons. The molecule has 4 aromatic rings. The van der Waals surface area contributed by atoms with Gasteiger partial charge in [0.1, 0.15) is 17.3 Å². The average molecular weight is 541 g/mol. The van der Waals surface area contributed by atoms with Crippen molar-refractivity contribution in [1.82, 2.24) is 0 Å². The number of hydrogen-bond donors (Lipinski definition) is 2. The third-order valence-corrected chi connectivity index (χ3v) is 7.28. The fraction of sp³-hybridized carbons (Fsp3) is 0.242. The van der Waals surface area contributed by atoms with Crippen LogP contribution in [-0.2, 0) is 0 Å². The van der Waals surface area contributed by atoms with Crippen LogP contribution in [0.5, 0.6) is 11.5 Å². The van der Waals surface area contributed by atoms with Crippen LogP contribution < -0.4 is 20.5 Å². The quantitative estimate of drug-likeness (QED) is 0.194. The van der Waals surface area contributed by atoms with E-state index in [1.165, 1.54) is 18.4 Å². The van der Waals surface area contributed by atoms with E-state index in [2.05, 4.69) is 32.2 Å². The SMILES string of the molecule is COc1cc(OC(=O)c2occc2C)ccc1-c1ccc2c(c1C(N)c1cc(F)ccc1C)C(C)=CC(C)(C)N2. The van der Waals surface area contributed by atoms with Crippen molar-refractivity contribution in [3.63, 3.8) is 0 Å². The highest BCUT2D eigenvalue weighted by molar-refractivity contribution is 5.91. The maximum atomic E-state index is 14.4. The molecular formula is C33H33FN2O4. The molecule has 5 rings (SSSR count). The maximum absolute atomic E-state index is 14.4. The van der Waals surface area contributed by atoms with Gasteiger partial charge in [-0.25, -0.2) is 9.18 Å². The molecule has 40 heavy (non-hydrogen) atoms. The fourth-order valence-corrected chi connectivity index (χ4v) is 5.50. The summed E-state index contributed by atoms with van der Waals surface area (Å²) < 4.78 is 31.0. The van der Waals surface area contributed by atoms with Crippen molar-refractivity contribution >= 4 is 17.2 Å². The van der Waals surface area contributed by atoms with Crippen molar-refractivity contribution < 1.29 is 23.1 Å². The average Bonchev–Trinajstić information content (AvgIpc) is 3.34. The molecule has 0 saturated heterocycles. The van der Waals surface area contributed by atoms with Crippen molar-refractivity contribution in [2.45, 2.75) is 46.2 Å². The minimum atomic E-state index is -0.629. The summed E-state index contributed by atoms with van der Waals surface area (Å²) in [6.07, 6.45) is 3.62. The first-order chi connectivity index (χ1) is 19.0. The lowest BCUT2D eigenvalue weighted by Gasteiger charge is -2.35. The van der Waals surface area contributed by atoms with Gasteiger partial charge in [0.05, 0.1) is 25.0 Å². The van der Waals surface area contributed by atoms with Crippen molar-refractivity contribution in [1.29, 1.82) is 0 Å². The second-order valence-electron chi connectivity index (χ2n) is 10.8. The summed E-state index contributed by atoms with van der Waals surface area (Å²) in [4.78, 5) is 12.6. The number of furan rings is 1. The summed E-state index contributed by atoms with van der Waals surface area (Å²) >= 11 is 0. The second-order valence-corrected chi connectivity index (χ2v) is 10.8. The molecule has 1 aliphatic rings. The van der Waals surface area contributed by atoms with Crippen LogP contribution in [0.4, 0.5) is 10.1 Å². The van der Waals surface area contributed by atoms with Gasteiger partial charge in [-0.15, -0.1) is 0 Å². The summed E-state index contributed by atoms with van der Waals surface area (Å²) in [5.74, 6) is 0.0191. The highest BCUT2D eigenvalue weighted by Crippen LogP contribution is 2.46. The molecule has 0 amide bonds. The van der Waals surface area contributed by atoms with Gasteiger partial charge in [-0.1, -0.05) is 18.2 Å². The number of nitrogens with one attached hydrogen (secondary N) is 1. The van der Waals surface area contributed by atoms with E-state index in [-0.39, 0.29) is 17.1 Å². The standard InChI is InChI=1S/C33H33FN2O4/c1-18-7-8-21(34)15-25(18)30(35)29-24(11-12-26-28(29)20(3)17-33(4,5)36-26)23-10-9-22(16-27(23)38-6)40-32(37)31-19(2)13-14-39-31/h7-17,30,36H,35H2,1-6H3. The normalized spacial score (nSPS) is 14.6. The van der Waals surface area contributed by atoms with Gasteiger partial charge in [-0.2, -0.15) is 0 Å². The van der Waals surface area contributed by atoms with Gasteiger partial charge < -0.3 is 24.9 Å². The number of aryl methyl sites for hydroxylation is 2. The highest BCUT2D eigenvalue weighted by atomic mass is 19.1. The van der Waals surface area contributed by atoms with E-state index in [0.29, 0.717) is 22.6 Å². The summed E-state index contributed by atoms with van der Waals surface area (Å²) in [6.45, 7) is 9.99. The largest absolute Gasteiger partial charge is 0.496 e. The number of rotatable bonds is 6. The Labute approximate surface area is 233 Å². The molecule has 1 aromatic heterocycles. The van der Waals surface area contributed by atoms with E-state index in [1.807, 2.05) is 25.1 Å². The molecule has 0 aliphatic carbocycles. The second kappa shape index (κ2) is 10.3. The molecule has 7 heteroatoms. The molecular weight excluding hydrogens is 507 g/mol. The Bertz CT molecular complexity index is 1650. The van der Waals surface area contributed by atoms with Crippen LogP contribution in [0.1, 0.15) is 65.2 Å². The summed E-state index contributed by atoms with van der Waals surface area (Å²) in [6, 6.07) is 15.0. The highest BCUT2D eigenvalue weighted by Gasteiger charge is 2.30. The number of methoxy groups -OCH3 is 1. The van der Waals surface area contributed by atoms with Gasteiger partial charge in [-0.3, -0.25) is 0 Å². The molecule has 1 unspecified atom stereocenters. The zero-order valence-electron chi connectivity index (χ0n) is 23.5. The van der Waals surface area contributed by atoms with Crippen molar-refractivity contribution in [2.24, 2.45) is 5.73 Å².